The van der Waals surface area contributed by atoms with Crippen molar-refractivity contribution in [1.29, 1.82) is 0 Å². The highest BCUT2D eigenvalue weighted by atomic mass is 16.6. The van der Waals surface area contributed by atoms with Crippen LogP contribution in [0.5, 0.6) is 0 Å². The molecule has 286 valence electrons. The Bertz CT molecular complexity index is 697. The summed E-state index contributed by atoms with van der Waals surface area (Å²) in [6.45, 7) is 18.8. The van der Waals surface area contributed by atoms with Crippen LogP contribution in [0.3, 0.4) is 0 Å². The number of nitrogens with one attached hydrogen (secondary N) is 1. The highest BCUT2D eigenvalue weighted by Gasteiger charge is 2.19. The average molecular weight is 699 g/mol. The Kier molecular flexibility index (Phi) is 30.8. The molecule has 1 N–H and O–H groups in total. The number of hydrogen-bond donors (Lipinski definition) is 1. The predicted octanol–water partition coefficient (Wildman–Crippen LogP) is 1.79. The van der Waals surface area contributed by atoms with Gasteiger partial charge in [-0.3, -0.25) is 0 Å². The summed E-state index contributed by atoms with van der Waals surface area (Å²) >= 11 is 0. The smallest absolute Gasteiger partial charge is 0.410 e. The van der Waals surface area contributed by atoms with Crippen molar-refractivity contribution in [2.24, 2.45) is 0 Å². The number of nitrogens with zero attached hydrogens (tertiary/aromatic N) is 1. The fourth-order valence-electron chi connectivity index (χ4n) is 3.95. The van der Waals surface area contributed by atoms with E-state index in [0.29, 0.717) is 151 Å². The van der Waals surface area contributed by atoms with E-state index in [9.17, 15) is 4.79 Å². The van der Waals surface area contributed by atoms with E-state index in [0.717, 1.165) is 25.9 Å². The molecule has 0 bridgehead atoms. The lowest BCUT2D eigenvalue weighted by atomic mass is 10.1. The Morgan fingerprint density at radius 2 is 0.812 bits per heavy atom. The Hall–Kier alpha value is -1.21. The summed E-state index contributed by atoms with van der Waals surface area (Å²) in [6, 6.07) is 0. The van der Waals surface area contributed by atoms with Gasteiger partial charge in [0.05, 0.1) is 145 Å². The number of rotatable bonds is 34. The minimum atomic E-state index is -0.509. The highest BCUT2D eigenvalue weighted by molar-refractivity contribution is 5.67. The zero-order chi connectivity index (χ0) is 34.8. The zero-order valence-corrected chi connectivity index (χ0v) is 30.2. The lowest BCUT2D eigenvalue weighted by Crippen LogP contribution is -2.36. The van der Waals surface area contributed by atoms with Crippen molar-refractivity contribution < 1.29 is 61.6 Å². The first-order valence-corrected chi connectivity index (χ1v) is 17.4. The molecule has 48 heavy (non-hydrogen) atoms. The molecule has 1 rings (SSSR count). The molecule has 1 saturated heterocycles. The van der Waals surface area contributed by atoms with Crippen LogP contribution in [0, 0.1) is 0 Å². The number of amides is 1. The van der Waals surface area contributed by atoms with E-state index in [4.69, 9.17) is 56.8 Å². The van der Waals surface area contributed by atoms with Crippen molar-refractivity contribution in [3.8, 4) is 0 Å². The number of hydrogen-bond acceptors (Lipinski definition) is 14. The first kappa shape index (κ1) is 44.8. The van der Waals surface area contributed by atoms with Crippen LogP contribution < -0.4 is 5.32 Å². The molecular weight excluding hydrogens is 632 g/mol. The van der Waals surface area contributed by atoms with E-state index < -0.39 is 5.60 Å². The molecule has 0 aromatic heterocycles. The number of likely N-dealkylation sites (N-methyl/N-ethyl adjacent to an activating group) is 1. The van der Waals surface area contributed by atoms with Crippen LogP contribution in [0.2, 0.25) is 0 Å². The van der Waals surface area contributed by atoms with E-state index in [1.165, 1.54) is 4.90 Å². The molecule has 0 atom stereocenters. The van der Waals surface area contributed by atoms with Crippen molar-refractivity contribution in [3.05, 3.63) is 0 Å². The van der Waals surface area contributed by atoms with Gasteiger partial charge >= 0.3 is 6.09 Å². The second-order valence-corrected chi connectivity index (χ2v) is 11.8. The van der Waals surface area contributed by atoms with Crippen molar-refractivity contribution in [1.82, 2.24) is 10.2 Å². The number of piperidine rings is 1. The van der Waals surface area contributed by atoms with Gasteiger partial charge in [-0.05, 0) is 46.7 Å². The van der Waals surface area contributed by atoms with Gasteiger partial charge in [-0.2, -0.15) is 0 Å². The van der Waals surface area contributed by atoms with Gasteiger partial charge in [0.2, 0.25) is 0 Å². The van der Waals surface area contributed by atoms with Crippen molar-refractivity contribution in [3.63, 3.8) is 0 Å². The third-order valence-corrected chi connectivity index (χ3v) is 6.49. The van der Waals surface area contributed by atoms with E-state index in [1.54, 1.807) is 7.05 Å². The third kappa shape index (κ3) is 32.0. The lowest BCUT2D eigenvalue weighted by molar-refractivity contribution is -0.0324. The van der Waals surface area contributed by atoms with Gasteiger partial charge in [0.1, 0.15) is 5.60 Å². The van der Waals surface area contributed by atoms with Gasteiger partial charge in [-0.15, -0.1) is 0 Å². The van der Waals surface area contributed by atoms with Crippen molar-refractivity contribution >= 4 is 6.09 Å². The second kappa shape index (κ2) is 33.0. The molecule has 1 fully saturated rings. The van der Waals surface area contributed by atoms with Gasteiger partial charge in [0, 0.05) is 13.6 Å². The fraction of sp³-hybridized carbons (Fsp3) is 0.970. The standard InChI is InChI=1S/C33H66N2O13/c1-33(2,3)48-32(36)35(4)9-10-37-11-12-38-13-14-39-15-16-40-17-18-41-19-20-42-21-22-43-23-24-44-25-26-45-27-28-46-29-30-47-31-5-7-34-8-6-31/h31,34H,5-30H2,1-4H3. The topological polar surface area (TPSA) is 143 Å². The van der Waals surface area contributed by atoms with E-state index in [-0.39, 0.29) is 6.09 Å². The lowest BCUT2D eigenvalue weighted by Gasteiger charge is -2.24. The summed E-state index contributed by atoms with van der Waals surface area (Å²) in [5.74, 6) is 0. The van der Waals surface area contributed by atoms with Crippen LogP contribution in [-0.2, 0) is 56.8 Å². The van der Waals surface area contributed by atoms with E-state index >= 15 is 0 Å². The molecule has 0 unspecified atom stereocenters. The maximum atomic E-state index is 11.9. The first-order valence-electron chi connectivity index (χ1n) is 17.4. The van der Waals surface area contributed by atoms with Crippen LogP contribution in [0.15, 0.2) is 0 Å². The molecule has 1 amide bonds. The number of carbonyl (C=O) groups is 1. The number of carbonyl (C=O) groups excluding carboxylic acids is 1. The molecule has 15 nitrogen and oxygen atoms in total. The van der Waals surface area contributed by atoms with E-state index in [2.05, 4.69) is 5.32 Å². The summed E-state index contributed by atoms with van der Waals surface area (Å²) in [4.78, 5) is 13.3. The highest BCUT2D eigenvalue weighted by Crippen LogP contribution is 2.09. The molecule has 0 saturated carbocycles. The van der Waals surface area contributed by atoms with Crippen molar-refractivity contribution in [2.45, 2.75) is 45.3 Å². The van der Waals surface area contributed by atoms with Crippen LogP contribution in [0.4, 0.5) is 4.79 Å². The van der Waals surface area contributed by atoms with E-state index in [1.807, 2.05) is 20.8 Å². The molecule has 0 radical (unpaired) electrons. The minimum Gasteiger partial charge on any atom is -0.444 e. The molecule has 0 aromatic rings. The molecule has 0 aliphatic carbocycles. The normalized spacial score (nSPS) is 14.1. The summed E-state index contributed by atoms with van der Waals surface area (Å²) in [7, 11) is 1.68. The Labute approximate surface area is 288 Å². The zero-order valence-electron chi connectivity index (χ0n) is 30.2. The van der Waals surface area contributed by atoms with Gasteiger partial charge in [-0.25, -0.2) is 4.79 Å². The Morgan fingerprint density at radius 1 is 0.521 bits per heavy atom. The maximum Gasteiger partial charge on any atom is 0.410 e. The predicted molar refractivity (Wildman–Crippen MR) is 179 cm³/mol. The van der Waals surface area contributed by atoms with Crippen LogP contribution in [0.1, 0.15) is 33.6 Å². The molecule has 1 aliphatic rings. The van der Waals surface area contributed by atoms with Gasteiger partial charge in [0.25, 0.3) is 0 Å². The average Bonchev–Trinajstić information content (AvgIpc) is 3.06. The van der Waals surface area contributed by atoms with Gasteiger partial charge in [0.15, 0.2) is 0 Å². The summed E-state index contributed by atoms with van der Waals surface area (Å²) in [5, 5.41) is 3.33. The maximum absolute atomic E-state index is 11.9. The molecular formula is C33H66N2O13. The Balaban J connectivity index is 1.64. The summed E-state index contributed by atoms with van der Waals surface area (Å²) in [6.07, 6.45) is 2.16. The summed E-state index contributed by atoms with van der Waals surface area (Å²) in [5.41, 5.74) is -0.509. The molecule has 0 spiro atoms. The SMILES string of the molecule is CN(CCOCCOCCOCCOCCOCCOCCOCCOCCOCCOCCOC1CCNCC1)C(=O)OC(C)(C)C. The minimum absolute atomic E-state index is 0.363. The Morgan fingerprint density at radius 3 is 1.12 bits per heavy atom. The molecule has 0 aromatic carbocycles. The third-order valence-electron chi connectivity index (χ3n) is 6.49. The van der Waals surface area contributed by atoms with Crippen LogP contribution in [0.25, 0.3) is 0 Å². The first-order chi connectivity index (χ1) is 23.4. The van der Waals surface area contributed by atoms with Gasteiger partial charge in [-0.1, -0.05) is 0 Å². The molecule has 1 heterocycles. The summed E-state index contributed by atoms with van der Waals surface area (Å²) < 4.78 is 66.0. The van der Waals surface area contributed by atoms with Gasteiger partial charge < -0.3 is 67.1 Å². The molecule has 15 heteroatoms. The fourth-order valence-corrected chi connectivity index (χ4v) is 3.95. The van der Waals surface area contributed by atoms with Crippen LogP contribution in [-0.4, -0.2) is 188 Å². The monoisotopic (exact) mass is 698 g/mol. The number of ether oxygens (including phenoxy) is 12. The molecule has 1 aliphatic heterocycles. The van der Waals surface area contributed by atoms with Crippen LogP contribution >= 0.6 is 0 Å². The van der Waals surface area contributed by atoms with Crippen molar-refractivity contribution in [2.75, 3.05) is 165 Å². The largest absolute Gasteiger partial charge is 0.444 e. The quantitative estimate of drug-likeness (QED) is 0.0976. The second-order valence-electron chi connectivity index (χ2n) is 11.8.